The fourth-order valence-corrected chi connectivity index (χ4v) is 2.63. The zero-order valence-corrected chi connectivity index (χ0v) is 11.7. The molecule has 18 heavy (non-hydrogen) atoms. The highest BCUT2D eigenvalue weighted by molar-refractivity contribution is 6.31. The van der Waals surface area contributed by atoms with Gasteiger partial charge in [0.1, 0.15) is 5.82 Å². The fourth-order valence-electron chi connectivity index (χ4n) is 2.41. The number of hydrogen-bond acceptors (Lipinski definition) is 2. The smallest absolute Gasteiger partial charge is 0.124 e. The fraction of sp³-hybridized carbons (Fsp3) is 0.571. The first-order valence-electron chi connectivity index (χ1n) is 6.47. The normalized spacial score (nSPS) is 26.0. The summed E-state index contributed by atoms with van der Waals surface area (Å²) in [6, 6.07) is 5.65. The van der Waals surface area contributed by atoms with Crippen molar-refractivity contribution in [3.63, 3.8) is 0 Å². The predicted molar refractivity (Wildman–Crippen MR) is 73.4 cm³/mol. The van der Waals surface area contributed by atoms with Crippen LogP contribution in [0, 0.1) is 5.82 Å². The number of nitrogens with zero attached hydrogens (tertiary/aromatic N) is 1. The van der Waals surface area contributed by atoms with E-state index < -0.39 is 0 Å². The van der Waals surface area contributed by atoms with Gasteiger partial charge < -0.3 is 5.32 Å². The molecule has 1 aromatic rings. The molecule has 0 aliphatic carbocycles. The van der Waals surface area contributed by atoms with Gasteiger partial charge in [-0.05, 0) is 44.5 Å². The Bertz CT molecular complexity index is 411. The van der Waals surface area contributed by atoms with Gasteiger partial charge >= 0.3 is 0 Å². The maximum atomic E-state index is 13.0. The molecule has 0 bridgehead atoms. The Labute approximate surface area is 113 Å². The van der Waals surface area contributed by atoms with Gasteiger partial charge in [-0.3, -0.25) is 4.90 Å². The maximum Gasteiger partial charge on any atom is 0.124 e. The minimum Gasteiger partial charge on any atom is -0.313 e. The summed E-state index contributed by atoms with van der Waals surface area (Å²) in [5.74, 6) is -0.275. The summed E-state index contributed by atoms with van der Waals surface area (Å²) >= 11 is 6.09. The Hall–Kier alpha value is -0.640. The molecule has 2 atom stereocenters. The van der Waals surface area contributed by atoms with Crippen LogP contribution < -0.4 is 5.32 Å². The van der Waals surface area contributed by atoms with Gasteiger partial charge in [-0.25, -0.2) is 4.39 Å². The van der Waals surface area contributed by atoms with Crippen molar-refractivity contribution in [2.24, 2.45) is 0 Å². The summed E-state index contributed by atoms with van der Waals surface area (Å²) in [5, 5.41) is 4.00. The lowest BCUT2D eigenvalue weighted by Gasteiger charge is -2.28. The van der Waals surface area contributed by atoms with Crippen molar-refractivity contribution >= 4 is 11.6 Å². The molecule has 1 heterocycles. The van der Waals surface area contributed by atoms with Gasteiger partial charge in [-0.1, -0.05) is 17.7 Å². The van der Waals surface area contributed by atoms with Gasteiger partial charge in [0.2, 0.25) is 0 Å². The second kappa shape index (κ2) is 6.00. The van der Waals surface area contributed by atoms with Crippen LogP contribution in [0.2, 0.25) is 5.02 Å². The standard InChI is InChI=1S/C14H20ClFN2/c1-10-8-18(11(2)5-6-17-10)9-12-3-4-13(16)7-14(12)15/h3-4,7,10-11,17H,5-6,8-9H2,1-2H3. The van der Waals surface area contributed by atoms with Crippen molar-refractivity contribution in [2.75, 3.05) is 13.1 Å². The molecule has 2 nitrogen and oxygen atoms in total. The van der Waals surface area contributed by atoms with E-state index in [9.17, 15) is 4.39 Å². The second-order valence-corrected chi connectivity index (χ2v) is 5.57. The Morgan fingerprint density at radius 2 is 2.22 bits per heavy atom. The number of rotatable bonds is 2. The first-order valence-corrected chi connectivity index (χ1v) is 6.85. The number of halogens is 2. The van der Waals surface area contributed by atoms with Crippen LogP contribution in [0.25, 0.3) is 0 Å². The van der Waals surface area contributed by atoms with Gasteiger partial charge in [-0.2, -0.15) is 0 Å². The minimum absolute atomic E-state index is 0.275. The Balaban J connectivity index is 2.10. The minimum atomic E-state index is -0.275. The van der Waals surface area contributed by atoms with Crippen LogP contribution in [0.5, 0.6) is 0 Å². The van der Waals surface area contributed by atoms with E-state index in [2.05, 4.69) is 24.1 Å². The molecule has 2 rings (SSSR count). The van der Waals surface area contributed by atoms with E-state index in [-0.39, 0.29) is 5.82 Å². The third-order valence-electron chi connectivity index (χ3n) is 3.58. The van der Waals surface area contributed by atoms with Crippen LogP contribution in [0.4, 0.5) is 4.39 Å². The number of nitrogens with one attached hydrogen (secondary N) is 1. The molecule has 4 heteroatoms. The molecule has 0 amide bonds. The van der Waals surface area contributed by atoms with Gasteiger partial charge in [0.15, 0.2) is 0 Å². The zero-order chi connectivity index (χ0) is 13.1. The zero-order valence-electron chi connectivity index (χ0n) is 10.9. The molecular weight excluding hydrogens is 251 g/mol. The number of benzene rings is 1. The summed E-state index contributed by atoms with van der Waals surface area (Å²) in [7, 11) is 0. The summed E-state index contributed by atoms with van der Waals surface area (Å²) in [5.41, 5.74) is 0.999. The lowest BCUT2D eigenvalue weighted by Crippen LogP contribution is -2.38. The second-order valence-electron chi connectivity index (χ2n) is 5.16. The first kappa shape index (κ1) is 13.8. The van der Waals surface area contributed by atoms with Crippen LogP contribution in [0.15, 0.2) is 18.2 Å². The van der Waals surface area contributed by atoms with Crippen molar-refractivity contribution in [1.29, 1.82) is 0 Å². The van der Waals surface area contributed by atoms with E-state index in [1.807, 2.05) is 0 Å². The topological polar surface area (TPSA) is 15.3 Å². The van der Waals surface area contributed by atoms with E-state index in [1.165, 1.54) is 12.1 Å². The molecule has 0 radical (unpaired) electrons. The van der Waals surface area contributed by atoms with Gasteiger partial charge in [0, 0.05) is 30.2 Å². The van der Waals surface area contributed by atoms with Crippen LogP contribution in [-0.4, -0.2) is 30.1 Å². The van der Waals surface area contributed by atoms with Crippen LogP contribution in [-0.2, 0) is 6.54 Å². The van der Waals surface area contributed by atoms with E-state index in [4.69, 9.17) is 11.6 Å². The molecule has 0 aromatic heterocycles. The molecule has 1 fully saturated rings. The SMILES string of the molecule is CC1CN(Cc2ccc(F)cc2Cl)C(C)CCN1. The highest BCUT2D eigenvalue weighted by Gasteiger charge is 2.21. The molecule has 0 spiro atoms. The van der Waals surface area contributed by atoms with Gasteiger partial charge in [-0.15, -0.1) is 0 Å². The van der Waals surface area contributed by atoms with Crippen molar-refractivity contribution in [3.8, 4) is 0 Å². The lowest BCUT2D eigenvalue weighted by molar-refractivity contribution is 0.199. The van der Waals surface area contributed by atoms with Crippen LogP contribution in [0.3, 0.4) is 0 Å². The highest BCUT2D eigenvalue weighted by atomic mass is 35.5. The molecule has 100 valence electrons. The molecule has 1 saturated heterocycles. The van der Waals surface area contributed by atoms with Crippen LogP contribution >= 0.6 is 11.6 Å². The summed E-state index contributed by atoms with van der Waals surface area (Å²) in [4.78, 5) is 2.41. The van der Waals surface area contributed by atoms with Crippen molar-refractivity contribution in [2.45, 2.75) is 38.9 Å². The van der Waals surface area contributed by atoms with Crippen molar-refractivity contribution in [1.82, 2.24) is 10.2 Å². The molecule has 0 saturated carbocycles. The molecule has 1 aromatic carbocycles. The summed E-state index contributed by atoms with van der Waals surface area (Å²) in [6.45, 7) is 7.26. The molecular formula is C14H20ClFN2. The number of hydrogen-bond donors (Lipinski definition) is 1. The lowest BCUT2D eigenvalue weighted by atomic mass is 10.1. The molecule has 1 N–H and O–H groups in total. The van der Waals surface area contributed by atoms with Crippen molar-refractivity contribution < 1.29 is 4.39 Å². The van der Waals surface area contributed by atoms with E-state index in [0.717, 1.165) is 31.6 Å². The Morgan fingerprint density at radius 3 is 2.94 bits per heavy atom. The predicted octanol–water partition coefficient (Wildman–Crippen LogP) is 3.05. The van der Waals surface area contributed by atoms with E-state index in [1.54, 1.807) is 6.07 Å². The third-order valence-corrected chi connectivity index (χ3v) is 3.93. The maximum absolute atomic E-state index is 13.0. The average Bonchev–Trinajstić information content (AvgIpc) is 2.45. The van der Waals surface area contributed by atoms with Crippen molar-refractivity contribution in [3.05, 3.63) is 34.6 Å². The average molecular weight is 271 g/mol. The third kappa shape index (κ3) is 3.44. The Kier molecular flexibility index (Phi) is 4.60. The van der Waals surface area contributed by atoms with Crippen LogP contribution in [0.1, 0.15) is 25.8 Å². The molecule has 2 unspecified atom stereocenters. The largest absolute Gasteiger partial charge is 0.313 e. The van der Waals surface area contributed by atoms with E-state index >= 15 is 0 Å². The highest BCUT2D eigenvalue weighted by Crippen LogP contribution is 2.21. The first-order chi connectivity index (χ1) is 8.56. The molecule has 1 aliphatic rings. The summed E-state index contributed by atoms with van der Waals surface area (Å²) < 4.78 is 13.0. The quantitative estimate of drug-likeness (QED) is 0.889. The summed E-state index contributed by atoms with van der Waals surface area (Å²) in [6.07, 6.45) is 1.13. The van der Waals surface area contributed by atoms with E-state index in [0.29, 0.717) is 17.1 Å². The van der Waals surface area contributed by atoms with Gasteiger partial charge in [0.05, 0.1) is 0 Å². The monoisotopic (exact) mass is 270 g/mol. The Morgan fingerprint density at radius 1 is 1.44 bits per heavy atom. The molecule has 1 aliphatic heterocycles. The van der Waals surface area contributed by atoms with Gasteiger partial charge in [0.25, 0.3) is 0 Å².